The fourth-order valence-electron chi connectivity index (χ4n) is 4.56. The molecule has 1 atom stereocenters. The molecule has 0 heterocycles. The van der Waals surface area contributed by atoms with Gasteiger partial charge in [0.1, 0.15) is 12.6 Å². The molecular weight excluding hydrogens is 629 g/mol. The fraction of sp³-hybridized carbons (Fsp3) is 0.188. The van der Waals surface area contributed by atoms with Crippen molar-refractivity contribution in [2.75, 3.05) is 17.4 Å². The van der Waals surface area contributed by atoms with Crippen molar-refractivity contribution in [3.63, 3.8) is 0 Å². The third-order valence-corrected chi connectivity index (χ3v) is 9.11. The zero-order valence-corrected chi connectivity index (χ0v) is 26.4. The molecule has 0 aromatic heterocycles. The summed E-state index contributed by atoms with van der Waals surface area (Å²) in [7, 11) is -4.26. The lowest BCUT2D eigenvalue weighted by atomic mass is 10.0. The van der Waals surface area contributed by atoms with Crippen LogP contribution in [0.15, 0.2) is 108 Å². The zero-order chi connectivity index (χ0) is 31.0. The monoisotopic (exact) mass is 657 g/mol. The van der Waals surface area contributed by atoms with Gasteiger partial charge in [0, 0.05) is 34.6 Å². The molecule has 11 heteroatoms. The van der Waals surface area contributed by atoms with Gasteiger partial charge in [0.25, 0.3) is 10.0 Å². The highest BCUT2D eigenvalue weighted by Gasteiger charge is 2.34. The fourth-order valence-corrected chi connectivity index (χ4v) is 6.62. The number of anilines is 1. The van der Waals surface area contributed by atoms with E-state index in [-0.39, 0.29) is 39.5 Å². The van der Waals surface area contributed by atoms with Crippen molar-refractivity contribution in [2.24, 2.45) is 0 Å². The molecule has 4 rings (SSSR count). The van der Waals surface area contributed by atoms with E-state index in [2.05, 4.69) is 5.32 Å². The van der Waals surface area contributed by atoms with Gasteiger partial charge >= 0.3 is 0 Å². The van der Waals surface area contributed by atoms with E-state index in [1.807, 2.05) is 30.3 Å². The summed E-state index contributed by atoms with van der Waals surface area (Å²) < 4.78 is 28.9. The van der Waals surface area contributed by atoms with Crippen molar-refractivity contribution in [1.82, 2.24) is 10.2 Å². The van der Waals surface area contributed by atoms with Crippen molar-refractivity contribution < 1.29 is 18.0 Å². The average molecular weight is 659 g/mol. The lowest BCUT2D eigenvalue weighted by Crippen LogP contribution is -2.53. The minimum absolute atomic E-state index is 0.0206. The smallest absolute Gasteiger partial charge is 0.264 e. The van der Waals surface area contributed by atoms with Crippen LogP contribution in [0.4, 0.5) is 5.69 Å². The highest BCUT2D eigenvalue weighted by Crippen LogP contribution is 2.30. The van der Waals surface area contributed by atoms with Gasteiger partial charge in [0.2, 0.25) is 11.8 Å². The molecule has 0 aliphatic carbocycles. The molecule has 4 aromatic rings. The van der Waals surface area contributed by atoms with E-state index in [1.54, 1.807) is 49.4 Å². The molecule has 0 spiro atoms. The molecule has 0 saturated carbocycles. The van der Waals surface area contributed by atoms with Crippen molar-refractivity contribution in [3.05, 3.63) is 129 Å². The summed E-state index contributed by atoms with van der Waals surface area (Å²) >= 11 is 18.6. The normalized spacial score (nSPS) is 11.9. The van der Waals surface area contributed by atoms with Crippen LogP contribution in [0, 0.1) is 0 Å². The number of carbonyl (C=O) groups excluding carboxylic acids is 2. The Hall–Kier alpha value is -3.56. The molecule has 43 heavy (non-hydrogen) atoms. The third-order valence-electron chi connectivity index (χ3n) is 6.63. The first-order chi connectivity index (χ1) is 20.6. The second-order valence-electron chi connectivity index (χ2n) is 9.70. The molecule has 0 saturated heterocycles. The minimum atomic E-state index is -4.26. The summed E-state index contributed by atoms with van der Waals surface area (Å²) in [5.74, 6) is -0.963. The van der Waals surface area contributed by atoms with Crippen molar-refractivity contribution in [1.29, 1.82) is 0 Å². The van der Waals surface area contributed by atoms with Gasteiger partial charge in [-0.2, -0.15) is 0 Å². The highest BCUT2D eigenvalue weighted by atomic mass is 35.5. The Morgan fingerprint density at radius 3 is 1.93 bits per heavy atom. The number of carbonyl (C=O) groups is 2. The number of likely N-dealkylation sites (N-methyl/N-ethyl adjacent to an activating group) is 1. The van der Waals surface area contributed by atoms with Gasteiger partial charge in [0.15, 0.2) is 0 Å². The summed E-state index contributed by atoms with van der Waals surface area (Å²) in [6.07, 6.45) is 0.209. The van der Waals surface area contributed by atoms with Gasteiger partial charge in [-0.05, 0) is 60.5 Å². The number of hydrogen-bond acceptors (Lipinski definition) is 4. The number of rotatable bonds is 12. The maximum atomic E-state index is 14.3. The maximum absolute atomic E-state index is 14.3. The molecule has 224 valence electrons. The number of hydrogen-bond donors (Lipinski definition) is 1. The van der Waals surface area contributed by atoms with Crippen molar-refractivity contribution in [3.8, 4) is 0 Å². The van der Waals surface area contributed by atoms with E-state index < -0.39 is 28.5 Å². The Balaban J connectivity index is 1.81. The first-order valence-electron chi connectivity index (χ1n) is 13.5. The molecule has 7 nitrogen and oxygen atoms in total. The summed E-state index contributed by atoms with van der Waals surface area (Å²) in [6, 6.07) is 27.4. The topological polar surface area (TPSA) is 86.8 Å². The van der Waals surface area contributed by atoms with E-state index in [0.717, 1.165) is 9.87 Å². The molecular formula is C32H30Cl3N3O4S. The van der Waals surface area contributed by atoms with E-state index in [0.29, 0.717) is 17.1 Å². The molecule has 0 aliphatic rings. The second-order valence-corrected chi connectivity index (χ2v) is 12.9. The lowest BCUT2D eigenvalue weighted by Gasteiger charge is -2.34. The van der Waals surface area contributed by atoms with Crippen LogP contribution in [0.2, 0.25) is 15.1 Å². The molecule has 0 aliphatic heterocycles. The summed E-state index contributed by atoms with van der Waals surface area (Å²) in [5.41, 5.74) is 1.66. The third kappa shape index (κ3) is 8.51. The van der Waals surface area contributed by atoms with Crippen LogP contribution < -0.4 is 9.62 Å². The summed E-state index contributed by atoms with van der Waals surface area (Å²) in [4.78, 5) is 29.2. The van der Waals surface area contributed by atoms with Crippen LogP contribution in [0.25, 0.3) is 0 Å². The van der Waals surface area contributed by atoms with E-state index in [1.165, 1.54) is 35.2 Å². The van der Waals surface area contributed by atoms with Gasteiger partial charge in [-0.25, -0.2) is 8.42 Å². The predicted octanol–water partition coefficient (Wildman–Crippen LogP) is 6.62. The largest absolute Gasteiger partial charge is 0.355 e. The van der Waals surface area contributed by atoms with Gasteiger partial charge in [0.05, 0.1) is 10.6 Å². The molecule has 1 N–H and O–H groups in total. The Labute approximate surface area is 267 Å². The SMILES string of the molecule is CCNC(=O)[C@H](Cc1ccccc1)N(Cc1ccc(Cl)cc1)C(=O)CN(c1cc(Cl)cc(Cl)c1)S(=O)(=O)c1ccccc1. The van der Waals surface area contributed by atoms with Gasteiger partial charge in [-0.15, -0.1) is 0 Å². The Kier molecular flexibility index (Phi) is 11.1. The molecule has 0 bridgehead atoms. The van der Waals surface area contributed by atoms with Crippen LogP contribution in [-0.4, -0.2) is 44.3 Å². The van der Waals surface area contributed by atoms with Crippen LogP contribution in [0.5, 0.6) is 0 Å². The van der Waals surface area contributed by atoms with E-state index >= 15 is 0 Å². The van der Waals surface area contributed by atoms with Crippen molar-refractivity contribution >= 4 is 62.3 Å². The maximum Gasteiger partial charge on any atom is 0.264 e. The number of nitrogens with zero attached hydrogens (tertiary/aromatic N) is 2. The standard InChI is InChI=1S/C32H30Cl3N3O4S/c1-2-36-32(40)30(17-23-9-5-3-6-10-23)37(21-24-13-15-25(33)16-14-24)31(39)22-38(28-19-26(34)18-27(35)20-28)43(41,42)29-11-7-4-8-12-29/h3-16,18-20,30H,2,17,21-22H2,1H3,(H,36,40)/t30-/m0/s1. The zero-order valence-electron chi connectivity index (χ0n) is 23.3. The van der Waals surface area contributed by atoms with Crippen molar-refractivity contribution in [2.45, 2.75) is 30.8 Å². The van der Waals surface area contributed by atoms with Crippen LogP contribution in [-0.2, 0) is 32.6 Å². The average Bonchev–Trinajstić information content (AvgIpc) is 2.99. The second kappa shape index (κ2) is 14.8. The molecule has 2 amide bonds. The van der Waals surface area contributed by atoms with Gasteiger partial charge in [-0.3, -0.25) is 13.9 Å². The predicted molar refractivity (Wildman–Crippen MR) is 172 cm³/mol. The number of amides is 2. The quantitative estimate of drug-likeness (QED) is 0.185. The molecule has 0 unspecified atom stereocenters. The Morgan fingerprint density at radius 2 is 1.35 bits per heavy atom. The van der Waals surface area contributed by atoms with E-state index in [4.69, 9.17) is 34.8 Å². The Morgan fingerprint density at radius 1 is 0.767 bits per heavy atom. The minimum Gasteiger partial charge on any atom is -0.355 e. The molecule has 0 radical (unpaired) electrons. The first kappa shape index (κ1) is 32.4. The number of nitrogens with one attached hydrogen (secondary N) is 1. The highest BCUT2D eigenvalue weighted by molar-refractivity contribution is 7.92. The van der Waals surface area contributed by atoms with Gasteiger partial charge < -0.3 is 10.2 Å². The first-order valence-corrected chi connectivity index (χ1v) is 16.1. The van der Waals surface area contributed by atoms with Crippen LogP contribution in [0.1, 0.15) is 18.1 Å². The molecule has 0 fully saturated rings. The summed E-state index contributed by atoms with van der Waals surface area (Å²) in [6.45, 7) is 1.55. The van der Waals surface area contributed by atoms with E-state index in [9.17, 15) is 18.0 Å². The number of benzene rings is 4. The van der Waals surface area contributed by atoms with Crippen LogP contribution >= 0.6 is 34.8 Å². The number of halogens is 3. The Bertz CT molecular complexity index is 1630. The summed E-state index contributed by atoms with van der Waals surface area (Å²) in [5, 5.41) is 3.75. The van der Waals surface area contributed by atoms with Crippen LogP contribution in [0.3, 0.4) is 0 Å². The molecule has 4 aromatic carbocycles. The van der Waals surface area contributed by atoms with Gasteiger partial charge in [-0.1, -0.05) is 95.5 Å². The lowest BCUT2D eigenvalue weighted by molar-refractivity contribution is -0.140. The number of sulfonamides is 1.